The van der Waals surface area contributed by atoms with Crippen molar-refractivity contribution in [2.45, 2.75) is 73.1 Å². The van der Waals surface area contributed by atoms with Crippen LogP contribution in [0.2, 0.25) is 0 Å². The van der Waals surface area contributed by atoms with Crippen LogP contribution < -0.4 is 5.10 Å². The molecule has 1 radical (unpaired) electrons. The molecule has 0 bridgehead atoms. The predicted molar refractivity (Wildman–Crippen MR) is 169 cm³/mol. The van der Waals surface area contributed by atoms with Crippen LogP contribution in [0.5, 0.6) is 0 Å². The molecule has 0 N–H and O–H groups in total. The van der Waals surface area contributed by atoms with Gasteiger partial charge in [-0.25, -0.2) is 0 Å². The van der Waals surface area contributed by atoms with Crippen LogP contribution in [0.3, 0.4) is 0 Å². The molecule has 0 amide bonds. The van der Waals surface area contributed by atoms with E-state index >= 15 is 0 Å². The van der Waals surface area contributed by atoms with E-state index in [2.05, 4.69) is 87.9 Å². The molecular weight excluding hydrogens is 709 g/mol. The maximum absolute atomic E-state index is 9.05. The average Bonchev–Trinajstić information content (AvgIpc) is 3.44. The standard InChI is InChI=1S/C24H24N3.C12H14N3.Ir/c1-15-9-19(12-20(10-15)24(4,5)6)23-17(3)27-22(14-26-23)21-8-7-18(13-25)11-16(21)2;1-12(2,3)11-8-10(14-15-11)9-6-4-5-7-13-9;/h7-8,10-12,14H,1-6H3;4-8H,1-3H3;/q2*-1;. The van der Waals surface area contributed by atoms with Crippen LogP contribution in [0.25, 0.3) is 33.9 Å². The Balaban J connectivity index is 0.000000268. The minimum Gasteiger partial charge on any atom is -0.573 e. The first-order valence-electron chi connectivity index (χ1n) is 14.1. The summed E-state index contributed by atoms with van der Waals surface area (Å²) in [7, 11) is 0. The monoisotopic (exact) mass is 747 g/mol. The zero-order valence-electron chi connectivity index (χ0n) is 26.4. The smallest absolute Gasteiger partial charge is 0.0991 e. The van der Waals surface area contributed by atoms with Crippen molar-refractivity contribution in [1.29, 1.82) is 5.26 Å². The number of aryl methyl sites for hydroxylation is 3. The van der Waals surface area contributed by atoms with Gasteiger partial charge < -0.3 is 15.2 Å². The molecular formula is C36H38IrN6-2. The van der Waals surface area contributed by atoms with Crippen LogP contribution in [-0.2, 0) is 30.9 Å². The molecule has 0 aliphatic carbocycles. The number of benzene rings is 2. The van der Waals surface area contributed by atoms with Gasteiger partial charge in [-0.05, 0) is 49.1 Å². The number of hydrogen-bond acceptors (Lipinski definition) is 5. The van der Waals surface area contributed by atoms with Crippen molar-refractivity contribution in [1.82, 2.24) is 25.1 Å². The fourth-order valence-electron chi connectivity index (χ4n) is 4.47. The topological polar surface area (TPSA) is 89.5 Å². The van der Waals surface area contributed by atoms with Crippen LogP contribution in [-0.4, -0.2) is 20.1 Å². The summed E-state index contributed by atoms with van der Waals surface area (Å²) in [6.07, 6.45) is 3.57. The molecule has 3 aromatic heterocycles. The second-order valence-corrected chi connectivity index (χ2v) is 12.6. The second-order valence-electron chi connectivity index (χ2n) is 12.6. The number of nitriles is 1. The van der Waals surface area contributed by atoms with Gasteiger partial charge in [0, 0.05) is 66.3 Å². The molecule has 0 unspecified atom stereocenters. The fraction of sp³-hybridized carbons (Fsp3) is 0.306. The molecule has 0 aliphatic heterocycles. The third-order valence-corrected chi connectivity index (χ3v) is 6.94. The first kappa shape index (κ1) is 33.5. The molecule has 7 heteroatoms. The van der Waals surface area contributed by atoms with Gasteiger partial charge in [0.25, 0.3) is 0 Å². The Morgan fingerprint density at radius 3 is 2.14 bits per heavy atom. The van der Waals surface area contributed by atoms with Crippen molar-refractivity contribution in [2.75, 3.05) is 0 Å². The van der Waals surface area contributed by atoms with E-state index in [1.165, 1.54) is 5.56 Å². The minimum absolute atomic E-state index is 0. The third-order valence-electron chi connectivity index (χ3n) is 6.94. The Kier molecular flexibility index (Phi) is 10.6. The van der Waals surface area contributed by atoms with E-state index in [0.29, 0.717) is 5.56 Å². The van der Waals surface area contributed by atoms with Crippen molar-refractivity contribution in [2.24, 2.45) is 0 Å². The number of hydrogen-bond donors (Lipinski definition) is 0. The van der Waals surface area contributed by atoms with Crippen molar-refractivity contribution in [3.8, 4) is 40.0 Å². The predicted octanol–water partition coefficient (Wildman–Crippen LogP) is 8.10. The van der Waals surface area contributed by atoms with Gasteiger partial charge in [0.15, 0.2) is 0 Å². The number of aromatic nitrogens is 5. The summed E-state index contributed by atoms with van der Waals surface area (Å²) in [5.41, 5.74) is 11.4. The number of rotatable bonds is 3. The number of pyridine rings is 1. The van der Waals surface area contributed by atoms with E-state index < -0.39 is 0 Å². The van der Waals surface area contributed by atoms with Gasteiger partial charge in [-0.3, -0.25) is 9.97 Å². The minimum atomic E-state index is 0. The van der Waals surface area contributed by atoms with Crippen LogP contribution in [0.4, 0.5) is 0 Å². The van der Waals surface area contributed by atoms with Gasteiger partial charge >= 0.3 is 0 Å². The van der Waals surface area contributed by atoms with Gasteiger partial charge in [0.2, 0.25) is 0 Å². The summed E-state index contributed by atoms with van der Waals surface area (Å²) in [6, 6.07) is 23.4. The SMILES string of the molecule is CC(C)(C)c1cc(-c2ccccn2)[n-]n1.Cc1[c-]c(-c2ncc(-c3ccc(C#N)cc3C)nc2C)cc(C(C)(C)C)c1.[Ir]. The van der Waals surface area contributed by atoms with Gasteiger partial charge in [-0.1, -0.05) is 72.4 Å². The number of nitrogens with zero attached hydrogens (tertiary/aromatic N) is 6. The van der Waals surface area contributed by atoms with Crippen molar-refractivity contribution in [3.05, 3.63) is 107 Å². The van der Waals surface area contributed by atoms with E-state index in [-0.39, 0.29) is 30.9 Å². The Hall–Kier alpha value is -3.98. The van der Waals surface area contributed by atoms with Crippen molar-refractivity contribution in [3.63, 3.8) is 0 Å². The Morgan fingerprint density at radius 2 is 1.58 bits per heavy atom. The molecule has 5 rings (SSSR count). The summed E-state index contributed by atoms with van der Waals surface area (Å²) in [4.78, 5) is 13.7. The molecule has 0 atom stereocenters. The van der Waals surface area contributed by atoms with Crippen LogP contribution in [0, 0.1) is 38.2 Å². The summed E-state index contributed by atoms with van der Waals surface area (Å²) in [5.74, 6) is 0. The summed E-state index contributed by atoms with van der Waals surface area (Å²) >= 11 is 0. The first-order valence-corrected chi connectivity index (χ1v) is 14.1. The molecule has 6 nitrogen and oxygen atoms in total. The molecule has 0 saturated heterocycles. The van der Waals surface area contributed by atoms with Gasteiger partial charge in [0.1, 0.15) is 0 Å². The Labute approximate surface area is 269 Å². The molecule has 0 spiro atoms. The largest absolute Gasteiger partial charge is 0.573 e. The molecule has 0 saturated carbocycles. The molecule has 5 aromatic rings. The Bertz CT molecular complexity index is 1730. The summed E-state index contributed by atoms with van der Waals surface area (Å²) in [6.45, 7) is 19.0. The third kappa shape index (κ3) is 8.32. The van der Waals surface area contributed by atoms with Crippen molar-refractivity contribution < 1.29 is 20.1 Å². The first-order chi connectivity index (χ1) is 19.8. The zero-order valence-corrected chi connectivity index (χ0v) is 28.8. The van der Waals surface area contributed by atoms with Gasteiger partial charge in [0.05, 0.1) is 17.3 Å². The van der Waals surface area contributed by atoms with Gasteiger partial charge in [-0.15, -0.1) is 34.9 Å². The maximum Gasteiger partial charge on any atom is 0.0991 e. The molecule has 0 fully saturated rings. The normalized spacial score (nSPS) is 11.2. The maximum atomic E-state index is 9.05. The van der Waals surface area contributed by atoms with Crippen LogP contribution in [0.1, 0.15) is 75.2 Å². The molecule has 0 aliphatic rings. The second kappa shape index (κ2) is 13.5. The average molecular weight is 747 g/mol. The van der Waals surface area contributed by atoms with E-state index in [0.717, 1.165) is 56.4 Å². The van der Waals surface area contributed by atoms with E-state index in [1.54, 1.807) is 6.20 Å². The van der Waals surface area contributed by atoms with E-state index in [9.17, 15) is 0 Å². The quantitative estimate of drug-likeness (QED) is 0.174. The fourth-order valence-corrected chi connectivity index (χ4v) is 4.47. The molecule has 2 aromatic carbocycles. The molecule has 43 heavy (non-hydrogen) atoms. The zero-order chi connectivity index (χ0) is 30.7. The van der Waals surface area contributed by atoms with E-state index in [1.807, 2.05) is 62.5 Å². The molecule has 223 valence electrons. The summed E-state index contributed by atoms with van der Waals surface area (Å²) < 4.78 is 0. The van der Waals surface area contributed by atoms with Crippen LogP contribution in [0.15, 0.2) is 67.0 Å². The van der Waals surface area contributed by atoms with Crippen molar-refractivity contribution >= 4 is 0 Å². The Morgan fingerprint density at radius 1 is 0.837 bits per heavy atom. The van der Waals surface area contributed by atoms with Gasteiger partial charge in [-0.2, -0.15) is 5.26 Å². The summed E-state index contributed by atoms with van der Waals surface area (Å²) in [5, 5.41) is 17.4. The molecule has 3 heterocycles. The van der Waals surface area contributed by atoms with Crippen LogP contribution >= 0.6 is 0 Å². The van der Waals surface area contributed by atoms with E-state index in [4.69, 9.17) is 15.2 Å².